The Morgan fingerprint density at radius 1 is 1.48 bits per heavy atom. The molecule has 31 heavy (non-hydrogen) atoms. The Hall–Kier alpha value is -2.94. The van der Waals surface area contributed by atoms with E-state index < -0.39 is 40.1 Å². The molecule has 1 fully saturated rings. The van der Waals surface area contributed by atoms with Gasteiger partial charge in [-0.05, 0) is 20.9 Å². The molecule has 13 nitrogen and oxygen atoms in total. The summed E-state index contributed by atoms with van der Waals surface area (Å²) < 4.78 is 6.27. The van der Waals surface area contributed by atoms with Crippen molar-refractivity contribution in [3.63, 3.8) is 0 Å². The number of carbonyl (C=O) groups is 4. The highest BCUT2D eigenvalue weighted by Crippen LogP contribution is 2.40. The average molecular weight is 518 g/mol. The lowest BCUT2D eigenvalue weighted by Gasteiger charge is -2.49. The Morgan fingerprint density at radius 3 is 2.77 bits per heavy atom. The van der Waals surface area contributed by atoms with Crippen LogP contribution >= 0.6 is 27.7 Å². The molecule has 2 N–H and O–H groups in total. The zero-order valence-electron chi connectivity index (χ0n) is 15.9. The second kappa shape index (κ2) is 9.05. The van der Waals surface area contributed by atoms with Gasteiger partial charge in [0.1, 0.15) is 28.2 Å². The second-order valence-corrected chi connectivity index (χ2v) is 8.52. The van der Waals surface area contributed by atoms with Gasteiger partial charge in [0.15, 0.2) is 0 Å². The van der Waals surface area contributed by atoms with E-state index in [2.05, 4.69) is 26.3 Å². The third-order valence-corrected chi connectivity index (χ3v) is 6.36. The van der Waals surface area contributed by atoms with E-state index in [1.54, 1.807) is 0 Å². The monoisotopic (exact) mass is 517 g/mol. The minimum atomic E-state index is -1.32. The van der Waals surface area contributed by atoms with Gasteiger partial charge in [-0.1, -0.05) is 0 Å². The summed E-state index contributed by atoms with van der Waals surface area (Å²) in [6.45, 7) is 1.01. The number of carboxylic acid groups (broad SMARTS) is 1. The Balaban J connectivity index is 1.61. The number of aromatic nitrogens is 2. The van der Waals surface area contributed by atoms with Crippen LogP contribution in [0.5, 0.6) is 0 Å². The normalized spacial score (nSPS) is 20.1. The number of β-lactam (4-membered cyclic amide) rings is 1. The first-order chi connectivity index (χ1) is 14.6. The lowest BCUT2D eigenvalue weighted by atomic mass is 10.0. The van der Waals surface area contributed by atoms with Gasteiger partial charge in [0.25, 0.3) is 5.91 Å². The van der Waals surface area contributed by atoms with Crippen molar-refractivity contribution >= 4 is 57.3 Å². The third-order valence-electron chi connectivity index (χ3n) is 4.46. The first-order valence-corrected chi connectivity index (χ1v) is 10.6. The smallest absolute Gasteiger partial charge is 0.404 e. The molecule has 166 valence electrons. The van der Waals surface area contributed by atoms with Crippen LogP contribution in [0.3, 0.4) is 0 Å². The van der Waals surface area contributed by atoms with Gasteiger partial charge in [0, 0.05) is 24.7 Å². The Kier molecular flexibility index (Phi) is 6.64. The average Bonchev–Trinajstić information content (AvgIpc) is 3.08. The molecule has 2 aliphatic rings. The largest absolute Gasteiger partial charge is 0.477 e. The summed E-state index contributed by atoms with van der Waals surface area (Å²) >= 11 is 4.26. The molecular formula is C16H16BrN5O8S. The van der Waals surface area contributed by atoms with Crippen molar-refractivity contribution in [3.05, 3.63) is 32.1 Å². The van der Waals surface area contributed by atoms with Crippen LogP contribution in [0.25, 0.3) is 0 Å². The van der Waals surface area contributed by atoms with Crippen molar-refractivity contribution < 1.29 is 33.9 Å². The van der Waals surface area contributed by atoms with Gasteiger partial charge in [0.2, 0.25) is 5.91 Å². The summed E-state index contributed by atoms with van der Waals surface area (Å²) in [6, 6.07) is -0.902. The number of nitrogens with zero attached hydrogens (tertiary/aromatic N) is 4. The first kappa shape index (κ1) is 22.7. The maximum absolute atomic E-state index is 12.5. The van der Waals surface area contributed by atoms with Crippen molar-refractivity contribution in [2.45, 2.75) is 31.3 Å². The molecule has 0 radical (unpaired) electrons. The molecule has 3 heterocycles. The molecule has 1 saturated heterocycles. The molecule has 0 aliphatic carbocycles. The number of carboxylic acids is 1. The fraction of sp³-hybridized carbons (Fsp3) is 0.438. The van der Waals surface area contributed by atoms with E-state index in [1.165, 1.54) is 29.6 Å². The van der Waals surface area contributed by atoms with E-state index in [0.717, 1.165) is 4.90 Å². The third kappa shape index (κ3) is 4.71. The number of nitrogens with one attached hydrogen (secondary N) is 1. The van der Waals surface area contributed by atoms with Gasteiger partial charge in [-0.3, -0.25) is 19.3 Å². The topological polar surface area (TPSA) is 174 Å². The highest BCUT2D eigenvalue weighted by Gasteiger charge is 2.54. The lowest BCUT2D eigenvalue weighted by Crippen LogP contribution is -2.70. The molecule has 0 bridgehead atoms. The van der Waals surface area contributed by atoms with Crippen LogP contribution in [-0.2, 0) is 30.5 Å². The summed E-state index contributed by atoms with van der Waals surface area (Å²) in [5.74, 6) is -3.11. The number of halogens is 1. The molecular weight excluding hydrogens is 502 g/mol. The number of nitro groups is 1. The summed E-state index contributed by atoms with van der Waals surface area (Å²) in [7, 11) is 0. The molecule has 0 aromatic carbocycles. The maximum atomic E-state index is 12.5. The number of hydrogen-bond acceptors (Lipinski definition) is 9. The minimum absolute atomic E-state index is 0.0491. The van der Waals surface area contributed by atoms with Crippen molar-refractivity contribution in [3.8, 4) is 0 Å². The molecule has 2 aliphatic heterocycles. The van der Waals surface area contributed by atoms with Gasteiger partial charge in [-0.2, -0.15) is 4.68 Å². The number of ether oxygens (including phenoxy) is 1. The van der Waals surface area contributed by atoms with E-state index in [1.807, 2.05) is 0 Å². The first-order valence-electron chi connectivity index (χ1n) is 8.80. The van der Waals surface area contributed by atoms with E-state index in [0.29, 0.717) is 5.57 Å². The standard InChI is InChI=1S/C16H16BrN5O8S/c1-7(23)30-5-8-6-31-15-11(14(25)21(15)12(8)16(26)27)18-10(24)2-3-20-4-9(17)13(19-20)22(28)29/h4,11,15H,2-3,5-6H2,1H3,(H,18,24)(H,26,27)/t11-,15+/m0/s1. The van der Waals surface area contributed by atoms with E-state index >= 15 is 0 Å². The van der Waals surface area contributed by atoms with Crippen molar-refractivity contribution in [1.82, 2.24) is 20.0 Å². The SMILES string of the molecule is CC(=O)OCC1=C(C(=O)O)N2C(=O)[C@H](NC(=O)CCn3cc(Br)c([N+](=O)[O-])n3)[C@H]2SC1. The molecule has 15 heteroatoms. The zero-order chi connectivity index (χ0) is 22.9. The molecule has 0 unspecified atom stereocenters. The van der Waals surface area contributed by atoms with Gasteiger partial charge >= 0.3 is 17.8 Å². The lowest BCUT2D eigenvalue weighted by molar-refractivity contribution is -0.390. The predicted molar refractivity (Wildman–Crippen MR) is 108 cm³/mol. The Bertz CT molecular complexity index is 1010. The van der Waals surface area contributed by atoms with Gasteiger partial charge in [0.05, 0.1) is 17.8 Å². The van der Waals surface area contributed by atoms with E-state index in [-0.39, 0.29) is 41.3 Å². The summed E-state index contributed by atoms with van der Waals surface area (Å²) in [5.41, 5.74) is 0.0575. The number of rotatable bonds is 8. The number of esters is 1. The predicted octanol–water partition coefficient (Wildman–Crippen LogP) is 0.246. The minimum Gasteiger partial charge on any atom is -0.477 e. The fourth-order valence-electron chi connectivity index (χ4n) is 3.07. The number of carbonyl (C=O) groups excluding carboxylic acids is 3. The number of aliphatic carboxylic acids is 1. The highest BCUT2D eigenvalue weighted by molar-refractivity contribution is 9.10. The van der Waals surface area contributed by atoms with Crippen molar-refractivity contribution in [2.24, 2.45) is 0 Å². The van der Waals surface area contributed by atoms with E-state index in [4.69, 9.17) is 4.74 Å². The molecule has 1 aromatic heterocycles. The maximum Gasteiger partial charge on any atom is 0.404 e. The quantitative estimate of drug-likeness (QED) is 0.210. The van der Waals surface area contributed by atoms with E-state index in [9.17, 15) is 34.4 Å². The van der Waals surface area contributed by atoms with Gasteiger partial charge in [-0.25, -0.2) is 4.79 Å². The molecule has 2 amide bonds. The number of aryl methyl sites for hydroxylation is 1. The van der Waals surface area contributed by atoms with Crippen LogP contribution in [0, 0.1) is 10.1 Å². The number of hydrogen-bond donors (Lipinski definition) is 2. The molecule has 3 rings (SSSR count). The summed E-state index contributed by atoms with van der Waals surface area (Å²) in [4.78, 5) is 58.7. The molecule has 0 spiro atoms. The van der Waals surface area contributed by atoms with Crippen LogP contribution < -0.4 is 5.32 Å². The van der Waals surface area contributed by atoms with Gasteiger partial charge < -0.3 is 25.3 Å². The number of fused-ring (bicyclic) bond motifs is 1. The second-order valence-electron chi connectivity index (χ2n) is 6.56. The summed E-state index contributed by atoms with van der Waals surface area (Å²) in [6.07, 6.45) is 1.28. The fourth-order valence-corrected chi connectivity index (χ4v) is 4.86. The number of thioether (sulfide) groups is 1. The Labute approximate surface area is 187 Å². The van der Waals surface area contributed by atoms with Gasteiger partial charge in [-0.15, -0.1) is 11.8 Å². The van der Waals surface area contributed by atoms with Crippen molar-refractivity contribution in [1.29, 1.82) is 0 Å². The van der Waals surface area contributed by atoms with Crippen LogP contribution in [0.2, 0.25) is 0 Å². The number of amides is 2. The van der Waals surface area contributed by atoms with Crippen LogP contribution in [0.15, 0.2) is 21.9 Å². The van der Waals surface area contributed by atoms with Crippen molar-refractivity contribution in [2.75, 3.05) is 12.4 Å². The molecule has 1 aromatic rings. The van der Waals surface area contributed by atoms with Crippen LogP contribution in [0.4, 0.5) is 5.82 Å². The molecule has 2 atom stereocenters. The summed E-state index contributed by atoms with van der Waals surface area (Å²) in [5, 5.41) is 26.0. The van der Waals surface area contributed by atoms with Crippen LogP contribution in [0.1, 0.15) is 13.3 Å². The molecule has 0 saturated carbocycles. The van der Waals surface area contributed by atoms with Crippen LogP contribution in [-0.4, -0.2) is 72.2 Å². The zero-order valence-corrected chi connectivity index (χ0v) is 18.3. The Morgan fingerprint density at radius 2 is 2.19 bits per heavy atom. The highest BCUT2D eigenvalue weighted by atomic mass is 79.9.